The highest BCUT2D eigenvalue weighted by Crippen LogP contribution is 1.92. The van der Waals surface area contributed by atoms with Crippen molar-refractivity contribution in [3.8, 4) is 0 Å². The maximum absolute atomic E-state index is 10.9. The Morgan fingerprint density at radius 1 is 1.29 bits per heavy atom. The van der Waals surface area contributed by atoms with Crippen LogP contribution < -0.4 is 11.2 Å². The molecule has 0 spiro atoms. The van der Waals surface area contributed by atoms with Gasteiger partial charge in [0.15, 0.2) is 0 Å². The quantitative estimate of drug-likeness (QED) is 0.445. The maximum Gasteiger partial charge on any atom is 0.331 e. The topological polar surface area (TPSA) is 129 Å². The van der Waals surface area contributed by atoms with Crippen LogP contribution in [-0.2, 0) is 20.9 Å². The standard InChI is InChI=1S/C9H8N2O6/c12-6-3-5(10-9(16)11-6)4-17-8(15)2-1-7(13)14/h1-3H,4H2,(H,13,14)(H2,10,11,12,16)/b2-1+. The lowest BCUT2D eigenvalue weighted by molar-refractivity contribution is -0.140. The van der Waals surface area contributed by atoms with E-state index in [1.54, 1.807) is 0 Å². The molecule has 0 amide bonds. The number of hydrogen-bond donors (Lipinski definition) is 3. The van der Waals surface area contributed by atoms with Gasteiger partial charge >= 0.3 is 17.6 Å². The van der Waals surface area contributed by atoms with Crippen molar-refractivity contribution < 1.29 is 19.4 Å². The predicted molar refractivity (Wildman–Crippen MR) is 54.3 cm³/mol. The Hall–Kier alpha value is -2.64. The van der Waals surface area contributed by atoms with Crippen LogP contribution in [0.5, 0.6) is 0 Å². The van der Waals surface area contributed by atoms with Gasteiger partial charge in [-0.3, -0.25) is 9.78 Å². The van der Waals surface area contributed by atoms with Gasteiger partial charge in [0.1, 0.15) is 6.61 Å². The highest BCUT2D eigenvalue weighted by molar-refractivity contribution is 5.90. The largest absolute Gasteiger partial charge is 0.478 e. The third-order valence-electron chi connectivity index (χ3n) is 1.55. The molecule has 0 radical (unpaired) electrons. The molecule has 0 unspecified atom stereocenters. The summed E-state index contributed by atoms with van der Waals surface area (Å²) in [4.78, 5) is 46.9. The normalized spacial score (nSPS) is 10.4. The molecule has 0 bridgehead atoms. The van der Waals surface area contributed by atoms with Crippen molar-refractivity contribution in [2.24, 2.45) is 0 Å². The smallest absolute Gasteiger partial charge is 0.331 e. The molecule has 1 aromatic rings. The van der Waals surface area contributed by atoms with E-state index in [1.165, 1.54) is 0 Å². The molecule has 0 aliphatic carbocycles. The minimum Gasteiger partial charge on any atom is -0.478 e. The molecule has 0 aliphatic heterocycles. The van der Waals surface area contributed by atoms with Crippen LogP contribution in [-0.4, -0.2) is 27.0 Å². The van der Waals surface area contributed by atoms with Crippen LogP contribution >= 0.6 is 0 Å². The molecule has 90 valence electrons. The minimum atomic E-state index is -1.29. The summed E-state index contributed by atoms with van der Waals surface area (Å²) in [6.07, 6.45) is 1.33. The van der Waals surface area contributed by atoms with Crippen molar-refractivity contribution in [3.63, 3.8) is 0 Å². The van der Waals surface area contributed by atoms with E-state index in [2.05, 4.69) is 9.72 Å². The first kappa shape index (κ1) is 12.4. The number of ether oxygens (including phenoxy) is 1. The third-order valence-corrected chi connectivity index (χ3v) is 1.55. The van der Waals surface area contributed by atoms with Gasteiger partial charge in [0.25, 0.3) is 5.56 Å². The van der Waals surface area contributed by atoms with E-state index in [-0.39, 0.29) is 12.3 Å². The van der Waals surface area contributed by atoms with Crippen molar-refractivity contribution in [3.05, 3.63) is 44.8 Å². The summed E-state index contributed by atoms with van der Waals surface area (Å²) in [5, 5.41) is 8.23. The van der Waals surface area contributed by atoms with Crippen LogP contribution in [0, 0.1) is 0 Å². The molecule has 0 atom stereocenters. The van der Waals surface area contributed by atoms with E-state index >= 15 is 0 Å². The SMILES string of the molecule is O=C(O)/C=C/C(=O)OCc1cc(=O)[nH]c(=O)[nH]1. The molecule has 1 aromatic heterocycles. The van der Waals surface area contributed by atoms with E-state index < -0.39 is 23.2 Å². The Morgan fingerprint density at radius 2 is 2.00 bits per heavy atom. The minimum absolute atomic E-state index is 0.107. The Bertz CT molecular complexity index is 539. The van der Waals surface area contributed by atoms with Crippen LogP contribution in [0.4, 0.5) is 0 Å². The first-order valence-electron chi connectivity index (χ1n) is 4.37. The number of H-pyrrole nitrogens is 2. The van der Waals surface area contributed by atoms with Gasteiger partial charge in [-0.05, 0) is 0 Å². The second-order valence-corrected chi connectivity index (χ2v) is 2.89. The van der Waals surface area contributed by atoms with E-state index in [4.69, 9.17) is 5.11 Å². The summed E-state index contributed by atoms with van der Waals surface area (Å²) in [7, 11) is 0. The van der Waals surface area contributed by atoms with Gasteiger partial charge in [0.2, 0.25) is 0 Å². The fourth-order valence-corrected chi connectivity index (χ4v) is 0.933. The molecule has 8 nitrogen and oxygen atoms in total. The number of carboxylic acids is 1. The average Bonchev–Trinajstić information content (AvgIpc) is 2.22. The fraction of sp³-hybridized carbons (Fsp3) is 0.111. The Balaban J connectivity index is 2.62. The van der Waals surface area contributed by atoms with Crippen molar-refractivity contribution in [1.29, 1.82) is 0 Å². The second kappa shape index (κ2) is 5.45. The van der Waals surface area contributed by atoms with Crippen LogP contribution in [0.3, 0.4) is 0 Å². The van der Waals surface area contributed by atoms with Crippen molar-refractivity contribution in [1.82, 2.24) is 9.97 Å². The van der Waals surface area contributed by atoms with E-state index in [9.17, 15) is 19.2 Å². The number of aromatic amines is 2. The van der Waals surface area contributed by atoms with E-state index in [0.717, 1.165) is 6.07 Å². The van der Waals surface area contributed by atoms with Gasteiger partial charge in [0.05, 0.1) is 5.69 Å². The second-order valence-electron chi connectivity index (χ2n) is 2.89. The molecule has 8 heteroatoms. The number of nitrogens with one attached hydrogen (secondary N) is 2. The van der Waals surface area contributed by atoms with Crippen molar-refractivity contribution in [2.45, 2.75) is 6.61 Å². The molecular formula is C9H8N2O6. The molecular weight excluding hydrogens is 232 g/mol. The average molecular weight is 240 g/mol. The first-order chi connectivity index (χ1) is 7.97. The number of carbonyl (C=O) groups is 2. The number of hydrogen-bond acceptors (Lipinski definition) is 5. The summed E-state index contributed by atoms with van der Waals surface area (Å²) in [6, 6.07) is 1.05. The Kier molecular flexibility index (Phi) is 3.98. The van der Waals surface area contributed by atoms with Crippen molar-refractivity contribution in [2.75, 3.05) is 0 Å². The molecule has 0 saturated heterocycles. The highest BCUT2D eigenvalue weighted by atomic mass is 16.5. The zero-order chi connectivity index (χ0) is 12.8. The van der Waals surface area contributed by atoms with Gasteiger partial charge in [0, 0.05) is 18.2 Å². The fourth-order valence-electron chi connectivity index (χ4n) is 0.933. The van der Waals surface area contributed by atoms with Gasteiger partial charge in [-0.2, -0.15) is 0 Å². The molecule has 0 saturated carbocycles. The lowest BCUT2D eigenvalue weighted by atomic mass is 10.4. The summed E-state index contributed by atoms with van der Waals surface area (Å²) in [5.41, 5.74) is -1.23. The Labute approximate surface area is 93.6 Å². The molecule has 0 fully saturated rings. The number of carboxylic acid groups (broad SMARTS) is 1. The number of carbonyl (C=O) groups excluding carboxylic acids is 1. The number of esters is 1. The molecule has 1 rings (SSSR count). The number of aromatic nitrogens is 2. The summed E-state index contributed by atoms with van der Waals surface area (Å²) >= 11 is 0. The lowest BCUT2D eigenvalue weighted by Crippen LogP contribution is -2.23. The van der Waals surface area contributed by atoms with Crippen LogP contribution in [0.25, 0.3) is 0 Å². The molecule has 17 heavy (non-hydrogen) atoms. The maximum atomic E-state index is 10.9. The van der Waals surface area contributed by atoms with Gasteiger partial charge in [-0.1, -0.05) is 0 Å². The van der Waals surface area contributed by atoms with Crippen molar-refractivity contribution >= 4 is 11.9 Å². The monoisotopic (exact) mass is 240 g/mol. The zero-order valence-electron chi connectivity index (χ0n) is 8.43. The van der Waals surface area contributed by atoms with Gasteiger partial charge in [-0.25, -0.2) is 14.4 Å². The van der Waals surface area contributed by atoms with Crippen LogP contribution in [0.2, 0.25) is 0 Å². The number of rotatable bonds is 4. The van der Waals surface area contributed by atoms with Crippen LogP contribution in [0.15, 0.2) is 27.8 Å². The first-order valence-corrected chi connectivity index (χ1v) is 4.37. The molecule has 0 aromatic carbocycles. The predicted octanol–water partition coefficient (Wildman–Crippen LogP) is -1.25. The number of aliphatic carboxylic acids is 1. The molecule has 3 N–H and O–H groups in total. The van der Waals surface area contributed by atoms with Crippen LogP contribution in [0.1, 0.15) is 5.69 Å². The van der Waals surface area contributed by atoms with Gasteiger partial charge < -0.3 is 14.8 Å². The molecule has 0 aliphatic rings. The third kappa shape index (κ3) is 4.60. The summed E-state index contributed by atoms with van der Waals surface area (Å²) < 4.78 is 4.58. The summed E-state index contributed by atoms with van der Waals surface area (Å²) in [6.45, 7) is -0.331. The summed E-state index contributed by atoms with van der Waals surface area (Å²) in [5.74, 6) is -2.18. The lowest BCUT2D eigenvalue weighted by Gasteiger charge is -2.00. The van der Waals surface area contributed by atoms with Gasteiger partial charge in [-0.15, -0.1) is 0 Å². The zero-order valence-corrected chi connectivity index (χ0v) is 8.43. The van der Waals surface area contributed by atoms with E-state index in [0.29, 0.717) is 12.2 Å². The highest BCUT2D eigenvalue weighted by Gasteiger charge is 2.01. The van der Waals surface area contributed by atoms with E-state index in [1.807, 2.05) is 4.98 Å². The molecule has 1 heterocycles. The Morgan fingerprint density at radius 3 is 2.59 bits per heavy atom.